The normalized spacial score (nSPS) is 14.3. The molecule has 0 spiro atoms. The number of aliphatic hydroxyl groups is 1. The molecule has 0 bridgehead atoms. The van der Waals surface area contributed by atoms with Gasteiger partial charge in [0.15, 0.2) is 0 Å². The van der Waals surface area contributed by atoms with Gasteiger partial charge in [0.2, 0.25) is 0 Å². The standard InChI is InChI=1S/C7H17NO/c1-6(2)7(3)8-4-5-9/h6-9H,4-5H2,1-3H3. The van der Waals surface area contributed by atoms with Crippen molar-refractivity contribution in [1.29, 1.82) is 0 Å². The molecule has 0 saturated heterocycles. The van der Waals surface area contributed by atoms with Crippen LogP contribution in [0.1, 0.15) is 20.8 Å². The molecule has 0 amide bonds. The third kappa shape index (κ3) is 4.43. The van der Waals surface area contributed by atoms with Crippen LogP contribution in [0.15, 0.2) is 0 Å². The maximum Gasteiger partial charge on any atom is 0.0556 e. The van der Waals surface area contributed by atoms with E-state index in [-0.39, 0.29) is 6.61 Å². The molecule has 0 aromatic carbocycles. The van der Waals surface area contributed by atoms with E-state index in [0.717, 1.165) is 0 Å². The molecule has 0 rings (SSSR count). The average molecular weight is 131 g/mol. The lowest BCUT2D eigenvalue weighted by Crippen LogP contribution is -2.32. The van der Waals surface area contributed by atoms with E-state index < -0.39 is 0 Å². The predicted octanol–water partition coefficient (Wildman–Crippen LogP) is 0.613. The van der Waals surface area contributed by atoms with E-state index in [4.69, 9.17) is 5.11 Å². The van der Waals surface area contributed by atoms with Crippen molar-refractivity contribution in [3.05, 3.63) is 0 Å². The number of aliphatic hydroxyl groups excluding tert-OH is 1. The highest BCUT2D eigenvalue weighted by Gasteiger charge is 2.03. The Morgan fingerprint density at radius 1 is 1.33 bits per heavy atom. The Morgan fingerprint density at radius 2 is 1.89 bits per heavy atom. The first-order chi connectivity index (χ1) is 4.18. The maximum atomic E-state index is 8.43. The summed E-state index contributed by atoms with van der Waals surface area (Å²) >= 11 is 0. The van der Waals surface area contributed by atoms with Crippen LogP contribution in [0.4, 0.5) is 0 Å². The highest BCUT2D eigenvalue weighted by Crippen LogP contribution is 1.97. The Bertz CT molecular complexity index is 63.9. The lowest BCUT2D eigenvalue weighted by molar-refractivity contribution is 0.277. The van der Waals surface area contributed by atoms with Gasteiger partial charge in [-0.05, 0) is 12.8 Å². The van der Waals surface area contributed by atoms with Crippen LogP contribution in [-0.2, 0) is 0 Å². The molecule has 0 aliphatic heterocycles. The Kier molecular flexibility index (Phi) is 4.72. The number of hydrogen-bond donors (Lipinski definition) is 2. The molecule has 0 saturated carbocycles. The van der Waals surface area contributed by atoms with Gasteiger partial charge in [-0.2, -0.15) is 0 Å². The molecule has 0 aromatic heterocycles. The van der Waals surface area contributed by atoms with E-state index in [0.29, 0.717) is 18.5 Å². The molecule has 1 atom stereocenters. The number of rotatable bonds is 4. The lowest BCUT2D eigenvalue weighted by atomic mass is 10.1. The summed E-state index contributed by atoms with van der Waals surface area (Å²) in [6.45, 7) is 7.39. The van der Waals surface area contributed by atoms with Gasteiger partial charge in [-0.1, -0.05) is 13.8 Å². The van der Waals surface area contributed by atoms with E-state index in [1.165, 1.54) is 0 Å². The SMILES string of the molecule is CC(C)C(C)NCCO. The van der Waals surface area contributed by atoms with Crippen LogP contribution in [0, 0.1) is 5.92 Å². The monoisotopic (exact) mass is 131 g/mol. The minimum atomic E-state index is 0.233. The first-order valence-electron chi connectivity index (χ1n) is 3.52. The summed E-state index contributed by atoms with van der Waals surface area (Å²) in [5, 5.41) is 11.6. The van der Waals surface area contributed by atoms with Crippen molar-refractivity contribution in [2.45, 2.75) is 26.8 Å². The summed E-state index contributed by atoms with van der Waals surface area (Å²) in [4.78, 5) is 0. The van der Waals surface area contributed by atoms with Gasteiger partial charge in [0.1, 0.15) is 0 Å². The Labute approximate surface area is 57.3 Å². The van der Waals surface area contributed by atoms with E-state index in [9.17, 15) is 0 Å². The van der Waals surface area contributed by atoms with Gasteiger partial charge in [-0.15, -0.1) is 0 Å². The fraction of sp³-hybridized carbons (Fsp3) is 1.00. The molecule has 9 heavy (non-hydrogen) atoms. The summed E-state index contributed by atoms with van der Waals surface area (Å²) in [7, 11) is 0. The highest BCUT2D eigenvalue weighted by atomic mass is 16.3. The zero-order valence-corrected chi connectivity index (χ0v) is 6.52. The highest BCUT2D eigenvalue weighted by molar-refractivity contribution is 4.62. The first-order valence-corrected chi connectivity index (χ1v) is 3.52. The molecular formula is C7H17NO. The van der Waals surface area contributed by atoms with Crippen LogP contribution >= 0.6 is 0 Å². The summed E-state index contributed by atoms with van der Waals surface area (Å²) in [6.07, 6.45) is 0. The van der Waals surface area contributed by atoms with Gasteiger partial charge >= 0.3 is 0 Å². The summed E-state index contributed by atoms with van der Waals surface area (Å²) in [5.41, 5.74) is 0. The second-order valence-electron chi connectivity index (χ2n) is 2.71. The Morgan fingerprint density at radius 3 is 2.22 bits per heavy atom. The molecule has 0 fully saturated rings. The van der Waals surface area contributed by atoms with Gasteiger partial charge < -0.3 is 10.4 Å². The lowest BCUT2D eigenvalue weighted by Gasteiger charge is -2.15. The van der Waals surface area contributed by atoms with Gasteiger partial charge in [-0.3, -0.25) is 0 Å². The third-order valence-electron chi connectivity index (χ3n) is 1.58. The minimum Gasteiger partial charge on any atom is -0.395 e. The van der Waals surface area contributed by atoms with E-state index in [2.05, 4.69) is 26.1 Å². The van der Waals surface area contributed by atoms with Crippen molar-refractivity contribution in [3.63, 3.8) is 0 Å². The molecular weight excluding hydrogens is 114 g/mol. The van der Waals surface area contributed by atoms with Crippen molar-refractivity contribution >= 4 is 0 Å². The quantitative estimate of drug-likeness (QED) is 0.586. The topological polar surface area (TPSA) is 32.3 Å². The summed E-state index contributed by atoms with van der Waals surface area (Å²) < 4.78 is 0. The van der Waals surface area contributed by atoms with E-state index in [1.54, 1.807) is 0 Å². The first kappa shape index (κ1) is 8.92. The smallest absolute Gasteiger partial charge is 0.0556 e. The van der Waals surface area contributed by atoms with Crippen molar-refractivity contribution in [2.75, 3.05) is 13.2 Å². The van der Waals surface area contributed by atoms with Gasteiger partial charge in [0.05, 0.1) is 6.61 Å². The van der Waals surface area contributed by atoms with Crippen LogP contribution in [0.2, 0.25) is 0 Å². The van der Waals surface area contributed by atoms with Crippen molar-refractivity contribution in [2.24, 2.45) is 5.92 Å². The van der Waals surface area contributed by atoms with Gasteiger partial charge in [0.25, 0.3) is 0 Å². The fourth-order valence-corrected chi connectivity index (χ4v) is 0.528. The maximum absolute atomic E-state index is 8.43. The number of nitrogens with one attached hydrogen (secondary N) is 1. The molecule has 2 heteroatoms. The number of hydrogen-bond acceptors (Lipinski definition) is 2. The average Bonchev–Trinajstić information content (AvgIpc) is 1.82. The van der Waals surface area contributed by atoms with Crippen molar-refractivity contribution in [3.8, 4) is 0 Å². The van der Waals surface area contributed by atoms with Gasteiger partial charge in [-0.25, -0.2) is 0 Å². The van der Waals surface area contributed by atoms with Crippen molar-refractivity contribution in [1.82, 2.24) is 5.32 Å². The molecule has 2 nitrogen and oxygen atoms in total. The molecule has 1 unspecified atom stereocenters. The summed E-state index contributed by atoms with van der Waals surface area (Å²) in [6, 6.07) is 0.511. The largest absolute Gasteiger partial charge is 0.395 e. The van der Waals surface area contributed by atoms with E-state index >= 15 is 0 Å². The van der Waals surface area contributed by atoms with Crippen LogP contribution in [0.3, 0.4) is 0 Å². The zero-order valence-electron chi connectivity index (χ0n) is 6.52. The van der Waals surface area contributed by atoms with Crippen LogP contribution in [-0.4, -0.2) is 24.3 Å². The molecule has 0 aromatic rings. The Hall–Kier alpha value is -0.0800. The molecule has 56 valence electrons. The predicted molar refractivity (Wildman–Crippen MR) is 39.4 cm³/mol. The molecule has 0 aliphatic carbocycles. The fourth-order valence-electron chi connectivity index (χ4n) is 0.528. The van der Waals surface area contributed by atoms with E-state index in [1.807, 2.05) is 0 Å². The van der Waals surface area contributed by atoms with Crippen LogP contribution in [0.5, 0.6) is 0 Å². The molecule has 0 aliphatic rings. The molecule has 2 N–H and O–H groups in total. The zero-order chi connectivity index (χ0) is 7.28. The minimum absolute atomic E-state index is 0.233. The van der Waals surface area contributed by atoms with Crippen LogP contribution in [0.25, 0.3) is 0 Å². The third-order valence-corrected chi connectivity index (χ3v) is 1.58. The molecule has 0 heterocycles. The summed E-state index contributed by atoms with van der Waals surface area (Å²) in [5.74, 6) is 0.650. The molecule has 0 radical (unpaired) electrons. The Balaban J connectivity index is 3.16. The van der Waals surface area contributed by atoms with Gasteiger partial charge in [0, 0.05) is 12.6 Å². The van der Waals surface area contributed by atoms with Crippen molar-refractivity contribution < 1.29 is 5.11 Å². The van der Waals surface area contributed by atoms with Crippen LogP contribution < -0.4 is 5.32 Å². The second-order valence-corrected chi connectivity index (χ2v) is 2.71. The second kappa shape index (κ2) is 4.77.